The van der Waals surface area contributed by atoms with E-state index in [0.29, 0.717) is 6.54 Å². The Morgan fingerprint density at radius 3 is 2.79 bits per heavy atom. The lowest BCUT2D eigenvalue weighted by atomic mass is 9.98. The monoisotopic (exact) mass is 268 g/mol. The molecule has 19 heavy (non-hydrogen) atoms. The van der Waals surface area contributed by atoms with Gasteiger partial charge in [0.05, 0.1) is 12.6 Å². The molecular weight excluding hydrogens is 244 g/mol. The minimum Gasteiger partial charge on any atom is -0.378 e. The number of ether oxygens (including phenoxy) is 1. The summed E-state index contributed by atoms with van der Waals surface area (Å²) in [6.07, 6.45) is 4.49. The Morgan fingerprint density at radius 1 is 1.37 bits per heavy atom. The Hall–Kier alpha value is -1.10. The molecule has 5 heteroatoms. The van der Waals surface area contributed by atoms with E-state index in [0.717, 1.165) is 25.9 Å². The lowest BCUT2D eigenvalue weighted by molar-refractivity contribution is -0.148. The lowest BCUT2D eigenvalue weighted by Crippen LogP contribution is -2.60. The molecule has 0 aromatic carbocycles. The Kier molecular flexibility index (Phi) is 4.80. The van der Waals surface area contributed by atoms with E-state index in [1.165, 1.54) is 6.42 Å². The summed E-state index contributed by atoms with van der Waals surface area (Å²) in [6, 6.07) is -0.329. The number of nitrogens with one attached hydrogen (secondary N) is 1. The van der Waals surface area contributed by atoms with Gasteiger partial charge in [0.25, 0.3) is 0 Å². The van der Waals surface area contributed by atoms with Crippen LogP contribution in [-0.4, -0.2) is 48.6 Å². The minimum atomic E-state index is -0.329. The fourth-order valence-corrected chi connectivity index (χ4v) is 2.91. The van der Waals surface area contributed by atoms with E-state index in [4.69, 9.17) is 4.74 Å². The molecule has 1 N–H and O–H groups in total. The minimum absolute atomic E-state index is 0.0223. The third kappa shape index (κ3) is 3.47. The third-order valence-electron chi connectivity index (χ3n) is 3.94. The normalized spacial score (nSPS) is 28.7. The summed E-state index contributed by atoms with van der Waals surface area (Å²) in [5.74, 6) is 0.129. The zero-order valence-corrected chi connectivity index (χ0v) is 11.9. The molecule has 2 saturated heterocycles. The predicted octanol–water partition coefficient (Wildman–Crippen LogP) is 0.929. The number of hydrogen-bond donors (Lipinski definition) is 1. The Labute approximate surface area is 114 Å². The lowest BCUT2D eigenvalue weighted by Gasteiger charge is -2.38. The number of carbonyl (C=O) groups is 2. The van der Waals surface area contributed by atoms with Crippen LogP contribution >= 0.6 is 0 Å². The summed E-state index contributed by atoms with van der Waals surface area (Å²) in [6.45, 7) is 5.54. The van der Waals surface area contributed by atoms with Crippen molar-refractivity contribution in [2.45, 2.75) is 51.7 Å². The molecule has 0 aromatic rings. The molecule has 5 nitrogen and oxygen atoms in total. The molecule has 0 aromatic heterocycles. The van der Waals surface area contributed by atoms with Crippen LogP contribution in [0.5, 0.6) is 0 Å². The first-order chi connectivity index (χ1) is 9.09. The van der Waals surface area contributed by atoms with E-state index in [1.807, 2.05) is 13.8 Å². The summed E-state index contributed by atoms with van der Waals surface area (Å²) in [4.78, 5) is 25.6. The quantitative estimate of drug-likeness (QED) is 0.825. The van der Waals surface area contributed by atoms with Gasteiger partial charge in [-0.2, -0.15) is 0 Å². The summed E-state index contributed by atoms with van der Waals surface area (Å²) >= 11 is 0. The molecule has 2 rings (SSSR count). The van der Waals surface area contributed by atoms with E-state index in [1.54, 1.807) is 4.90 Å². The van der Waals surface area contributed by atoms with E-state index in [-0.39, 0.29) is 36.4 Å². The summed E-state index contributed by atoms with van der Waals surface area (Å²) in [5, 5.41) is 2.67. The highest BCUT2D eigenvalue weighted by atomic mass is 16.5. The molecule has 2 heterocycles. The maximum atomic E-state index is 12.0. The molecule has 2 aliphatic rings. The fourth-order valence-electron chi connectivity index (χ4n) is 2.91. The molecule has 2 amide bonds. The van der Waals surface area contributed by atoms with Gasteiger partial charge in [-0.05, 0) is 31.6 Å². The van der Waals surface area contributed by atoms with Crippen LogP contribution in [0.2, 0.25) is 0 Å². The van der Waals surface area contributed by atoms with Gasteiger partial charge >= 0.3 is 0 Å². The van der Waals surface area contributed by atoms with E-state index in [2.05, 4.69) is 5.32 Å². The van der Waals surface area contributed by atoms with Gasteiger partial charge in [0.1, 0.15) is 6.04 Å². The SMILES string of the molecule is CC(C)C1C(=O)NCC(=O)N1CCC1CCCCO1. The maximum absolute atomic E-state index is 12.0. The van der Waals surface area contributed by atoms with Crippen molar-refractivity contribution in [2.24, 2.45) is 5.92 Å². The smallest absolute Gasteiger partial charge is 0.243 e. The highest BCUT2D eigenvalue weighted by molar-refractivity contribution is 5.94. The Balaban J connectivity index is 1.94. The summed E-state index contributed by atoms with van der Waals surface area (Å²) in [7, 11) is 0. The first-order valence-corrected chi connectivity index (χ1v) is 7.28. The number of nitrogens with zero attached hydrogens (tertiary/aromatic N) is 1. The molecule has 0 spiro atoms. The van der Waals surface area contributed by atoms with Gasteiger partial charge < -0.3 is 15.0 Å². The van der Waals surface area contributed by atoms with Crippen LogP contribution in [0.1, 0.15) is 39.5 Å². The predicted molar refractivity (Wildman–Crippen MR) is 71.6 cm³/mol. The van der Waals surface area contributed by atoms with Crippen molar-refractivity contribution in [1.82, 2.24) is 10.2 Å². The fraction of sp³-hybridized carbons (Fsp3) is 0.857. The first-order valence-electron chi connectivity index (χ1n) is 7.28. The zero-order chi connectivity index (χ0) is 13.8. The van der Waals surface area contributed by atoms with Crippen molar-refractivity contribution in [1.29, 1.82) is 0 Å². The van der Waals surface area contributed by atoms with Crippen molar-refractivity contribution in [3.63, 3.8) is 0 Å². The average Bonchev–Trinajstić information content (AvgIpc) is 2.40. The van der Waals surface area contributed by atoms with Crippen molar-refractivity contribution in [2.75, 3.05) is 19.7 Å². The van der Waals surface area contributed by atoms with Crippen molar-refractivity contribution in [3.8, 4) is 0 Å². The standard InChI is InChI=1S/C14H24N2O3/c1-10(2)13-14(18)15-9-12(17)16(13)7-6-11-5-3-4-8-19-11/h10-11,13H,3-9H2,1-2H3,(H,15,18). The third-order valence-corrected chi connectivity index (χ3v) is 3.94. The van der Waals surface area contributed by atoms with Crippen LogP contribution in [0.15, 0.2) is 0 Å². The molecule has 0 aliphatic carbocycles. The maximum Gasteiger partial charge on any atom is 0.243 e. The number of piperazine rings is 1. The van der Waals surface area contributed by atoms with Crippen LogP contribution in [0.4, 0.5) is 0 Å². The molecule has 0 bridgehead atoms. The van der Waals surface area contributed by atoms with E-state index >= 15 is 0 Å². The van der Waals surface area contributed by atoms with E-state index < -0.39 is 0 Å². The molecule has 2 unspecified atom stereocenters. The molecular formula is C14H24N2O3. The molecule has 108 valence electrons. The van der Waals surface area contributed by atoms with Gasteiger partial charge in [0, 0.05) is 13.2 Å². The van der Waals surface area contributed by atoms with Gasteiger partial charge in [0.15, 0.2) is 0 Å². The highest BCUT2D eigenvalue weighted by Crippen LogP contribution is 2.19. The van der Waals surface area contributed by atoms with Gasteiger partial charge in [-0.3, -0.25) is 9.59 Å². The topological polar surface area (TPSA) is 58.6 Å². The Morgan fingerprint density at radius 2 is 2.16 bits per heavy atom. The van der Waals surface area contributed by atoms with Gasteiger partial charge in [-0.1, -0.05) is 13.8 Å². The molecule has 0 saturated carbocycles. The van der Waals surface area contributed by atoms with Crippen LogP contribution in [0.3, 0.4) is 0 Å². The summed E-state index contributed by atoms with van der Waals surface area (Å²) < 4.78 is 5.69. The van der Waals surface area contributed by atoms with Gasteiger partial charge in [-0.25, -0.2) is 0 Å². The second kappa shape index (κ2) is 6.37. The van der Waals surface area contributed by atoms with Crippen LogP contribution in [-0.2, 0) is 14.3 Å². The van der Waals surface area contributed by atoms with Crippen LogP contribution < -0.4 is 5.32 Å². The summed E-state index contributed by atoms with van der Waals surface area (Å²) in [5.41, 5.74) is 0. The number of amides is 2. The van der Waals surface area contributed by atoms with Crippen LogP contribution in [0.25, 0.3) is 0 Å². The second-order valence-corrected chi connectivity index (χ2v) is 5.77. The molecule has 2 fully saturated rings. The van der Waals surface area contributed by atoms with Crippen molar-refractivity contribution >= 4 is 11.8 Å². The number of rotatable bonds is 4. The Bertz CT molecular complexity index is 338. The second-order valence-electron chi connectivity index (χ2n) is 5.77. The molecule has 2 atom stereocenters. The highest BCUT2D eigenvalue weighted by Gasteiger charge is 2.36. The largest absolute Gasteiger partial charge is 0.378 e. The van der Waals surface area contributed by atoms with Gasteiger partial charge in [-0.15, -0.1) is 0 Å². The first kappa shape index (κ1) is 14.3. The number of carbonyl (C=O) groups excluding carboxylic acids is 2. The van der Waals surface area contributed by atoms with Crippen LogP contribution in [0, 0.1) is 5.92 Å². The van der Waals surface area contributed by atoms with Crippen molar-refractivity contribution < 1.29 is 14.3 Å². The van der Waals surface area contributed by atoms with Crippen molar-refractivity contribution in [3.05, 3.63) is 0 Å². The van der Waals surface area contributed by atoms with Gasteiger partial charge in [0.2, 0.25) is 11.8 Å². The average molecular weight is 268 g/mol. The zero-order valence-electron chi connectivity index (χ0n) is 11.9. The number of hydrogen-bond acceptors (Lipinski definition) is 3. The molecule has 0 radical (unpaired) electrons. The molecule has 2 aliphatic heterocycles. The van der Waals surface area contributed by atoms with E-state index in [9.17, 15) is 9.59 Å².